The minimum atomic E-state index is 0.278. The summed E-state index contributed by atoms with van der Waals surface area (Å²) in [5.41, 5.74) is 1.38. The summed E-state index contributed by atoms with van der Waals surface area (Å²) in [5.74, 6) is 0. The molecule has 0 saturated heterocycles. The van der Waals surface area contributed by atoms with Crippen molar-refractivity contribution in [3.8, 4) is 12.1 Å². The van der Waals surface area contributed by atoms with E-state index < -0.39 is 0 Å². The van der Waals surface area contributed by atoms with Gasteiger partial charge in [0.05, 0.1) is 24.6 Å². The molecule has 0 aliphatic carbocycles. The highest BCUT2D eigenvalue weighted by molar-refractivity contribution is 5.22. The number of hydrogen-bond donors (Lipinski definition) is 0. The van der Waals surface area contributed by atoms with Crippen LogP contribution in [0.4, 0.5) is 0 Å². The van der Waals surface area contributed by atoms with E-state index in [1.54, 1.807) is 6.20 Å². The first-order valence-corrected chi connectivity index (χ1v) is 5.13. The van der Waals surface area contributed by atoms with Crippen LogP contribution in [0.3, 0.4) is 0 Å². The fraction of sp³-hybridized carbons (Fsp3) is 0.167. The van der Waals surface area contributed by atoms with Crippen LogP contribution in [-0.4, -0.2) is 21.6 Å². The average Bonchev–Trinajstić information content (AvgIpc) is 2.41. The predicted molar refractivity (Wildman–Crippen MR) is 60.2 cm³/mol. The molecule has 0 aliphatic rings. The van der Waals surface area contributed by atoms with Crippen molar-refractivity contribution in [2.24, 2.45) is 0 Å². The number of aromatic nitrogens is 3. The van der Waals surface area contributed by atoms with Crippen LogP contribution in [0, 0.1) is 11.3 Å². The van der Waals surface area contributed by atoms with Gasteiger partial charge in [0, 0.05) is 18.3 Å². The highest BCUT2D eigenvalue weighted by Gasteiger charge is 1.99. The average molecular weight is 226 g/mol. The number of nitrogens with zero attached hydrogens (tertiary/aromatic N) is 4. The quantitative estimate of drug-likeness (QED) is 0.787. The SMILES string of the molecule is N#Cc1cnc(OCCc2ccccn2)nc1. The standard InChI is InChI=1S/C12H10N4O/c13-7-10-8-15-12(16-9-10)17-6-4-11-3-1-2-5-14-11/h1-3,5,8-9H,4,6H2. The van der Waals surface area contributed by atoms with E-state index in [1.165, 1.54) is 12.4 Å². The molecule has 0 unspecified atom stereocenters. The fourth-order valence-corrected chi connectivity index (χ4v) is 1.24. The molecule has 5 heteroatoms. The molecule has 0 aliphatic heterocycles. The highest BCUT2D eigenvalue weighted by Crippen LogP contribution is 2.02. The molecular weight excluding hydrogens is 216 g/mol. The topological polar surface area (TPSA) is 71.7 Å². The lowest BCUT2D eigenvalue weighted by atomic mass is 10.3. The molecule has 84 valence electrons. The Labute approximate surface area is 98.7 Å². The second-order valence-corrected chi connectivity index (χ2v) is 3.29. The van der Waals surface area contributed by atoms with Gasteiger partial charge < -0.3 is 4.74 Å². The van der Waals surface area contributed by atoms with Crippen molar-refractivity contribution in [1.29, 1.82) is 5.26 Å². The molecule has 2 aromatic heterocycles. The van der Waals surface area contributed by atoms with Crippen molar-refractivity contribution in [1.82, 2.24) is 15.0 Å². The van der Waals surface area contributed by atoms with Gasteiger partial charge in [-0.1, -0.05) is 6.07 Å². The molecule has 0 atom stereocenters. The molecule has 0 amide bonds. The minimum absolute atomic E-state index is 0.278. The minimum Gasteiger partial charge on any atom is -0.463 e. The molecule has 5 nitrogen and oxygen atoms in total. The third-order valence-corrected chi connectivity index (χ3v) is 2.07. The van der Waals surface area contributed by atoms with Crippen molar-refractivity contribution in [3.63, 3.8) is 0 Å². The van der Waals surface area contributed by atoms with E-state index >= 15 is 0 Å². The summed E-state index contributed by atoms with van der Waals surface area (Å²) in [6.45, 7) is 0.461. The normalized spacial score (nSPS) is 9.59. The first-order chi connectivity index (χ1) is 8.38. The Bertz CT molecular complexity index is 504. The molecule has 2 rings (SSSR count). The molecular formula is C12H10N4O. The summed E-state index contributed by atoms with van der Waals surface area (Å²) in [6.07, 6.45) is 5.31. The zero-order valence-corrected chi connectivity index (χ0v) is 9.08. The summed E-state index contributed by atoms with van der Waals surface area (Å²) in [6, 6.07) is 7.96. The maximum Gasteiger partial charge on any atom is 0.316 e. The molecule has 0 aromatic carbocycles. The third-order valence-electron chi connectivity index (χ3n) is 2.07. The van der Waals surface area contributed by atoms with Crippen LogP contribution in [0.1, 0.15) is 11.3 Å². The number of ether oxygens (including phenoxy) is 1. The van der Waals surface area contributed by atoms with Crippen LogP contribution in [0.5, 0.6) is 6.01 Å². The van der Waals surface area contributed by atoms with E-state index in [2.05, 4.69) is 15.0 Å². The van der Waals surface area contributed by atoms with E-state index in [0.29, 0.717) is 18.6 Å². The van der Waals surface area contributed by atoms with Gasteiger partial charge in [-0.05, 0) is 12.1 Å². The lowest BCUT2D eigenvalue weighted by Crippen LogP contribution is -2.05. The Morgan fingerprint density at radius 3 is 2.65 bits per heavy atom. The maximum atomic E-state index is 8.57. The smallest absolute Gasteiger partial charge is 0.316 e. The van der Waals surface area contributed by atoms with Gasteiger partial charge >= 0.3 is 6.01 Å². The molecule has 0 saturated carbocycles. The second-order valence-electron chi connectivity index (χ2n) is 3.29. The van der Waals surface area contributed by atoms with E-state index in [-0.39, 0.29) is 6.01 Å². The molecule has 0 N–H and O–H groups in total. The van der Waals surface area contributed by atoms with Gasteiger partial charge in [0.15, 0.2) is 0 Å². The van der Waals surface area contributed by atoms with Crippen molar-refractivity contribution in [2.45, 2.75) is 6.42 Å². The summed E-state index contributed by atoms with van der Waals surface area (Å²) in [5, 5.41) is 8.57. The van der Waals surface area contributed by atoms with Crippen LogP contribution in [0.15, 0.2) is 36.8 Å². The predicted octanol–water partition coefficient (Wildman–Crippen LogP) is 1.36. The van der Waals surface area contributed by atoms with Crippen LogP contribution in [-0.2, 0) is 6.42 Å². The van der Waals surface area contributed by atoms with Crippen molar-refractivity contribution < 1.29 is 4.74 Å². The summed E-state index contributed by atoms with van der Waals surface area (Å²) < 4.78 is 5.34. The number of nitriles is 1. The Kier molecular flexibility index (Phi) is 3.61. The molecule has 0 bridgehead atoms. The monoisotopic (exact) mass is 226 g/mol. The zero-order valence-electron chi connectivity index (χ0n) is 9.08. The molecule has 0 radical (unpaired) electrons. The Hall–Kier alpha value is -2.48. The highest BCUT2D eigenvalue weighted by atomic mass is 16.5. The van der Waals surface area contributed by atoms with Gasteiger partial charge in [0.1, 0.15) is 6.07 Å². The van der Waals surface area contributed by atoms with E-state index in [4.69, 9.17) is 10.00 Å². The Morgan fingerprint density at radius 1 is 1.18 bits per heavy atom. The van der Waals surface area contributed by atoms with E-state index in [1.807, 2.05) is 24.3 Å². The first-order valence-electron chi connectivity index (χ1n) is 5.13. The molecule has 0 spiro atoms. The molecule has 17 heavy (non-hydrogen) atoms. The molecule has 0 fully saturated rings. The van der Waals surface area contributed by atoms with Gasteiger partial charge in [0.2, 0.25) is 0 Å². The second kappa shape index (κ2) is 5.56. The van der Waals surface area contributed by atoms with E-state index in [9.17, 15) is 0 Å². The van der Waals surface area contributed by atoms with Crippen LogP contribution >= 0.6 is 0 Å². The van der Waals surface area contributed by atoms with Gasteiger partial charge in [-0.2, -0.15) is 5.26 Å². The number of pyridine rings is 1. The van der Waals surface area contributed by atoms with Gasteiger partial charge in [-0.25, -0.2) is 9.97 Å². The summed E-state index contributed by atoms with van der Waals surface area (Å²) >= 11 is 0. The zero-order chi connectivity index (χ0) is 11.9. The first kappa shape index (κ1) is 11.0. The number of hydrogen-bond acceptors (Lipinski definition) is 5. The van der Waals surface area contributed by atoms with Gasteiger partial charge in [-0.3, -0.25) is 4.98 Å². The van der Waals surface area contributed by atoms with Crippen molar-refractivity contribution in [2.75, 3.05) is 6.61 Å². The third kappa shape index (κ3) is 3.24. The van der Waals surface area contributed by atoms with E-state index in [0.717, 1.165) is 5.69 Å². The Balaban J connectivity index is 1.84. The van der Waals surface area contributed by atoms with Crippen LogP contribution in [0.25, 0.3) is 0 Å². The largest absolute Gasteiger partial charge is 0.463 e. The Morgan fingerprint density at radius 2 is 2.00 bits per heavy atom. The summed E-state index contributed by atoms with van der Waals surface area (Å²) in [7, 11) is 0. The molecule has 2 aromatic rings. The van der Waals surface area contributed by atoms with Crippen LogP contribution in [0.2, 0.25) is 0 Å². The van der Waals surface area contributed by atoms with Crippen molar-refractivity contribution in [3.05, 3.63) is 48.0 Å². The lowest BCUT2D eigenvalue weighted by molar-refractivity contribution is 0.295. The van der Waals surface area contributed by atoms with Gasteiger partial charge in [0.25, 0.3) is 0 Å². The van der Waals surface area contributed by atoms with Crippen LogP contribution < -0.4 is 4.74 Å². The molecule has 2 heterocycles. The summed E-state index contributed by atoms with van der Waals surface area (Å²) in [4.78, 5) is 12.0. The fourth-order valence-electron chi connectivity index (χ4n) is 1.24. The lowest BCUT2D eigenvalue weighted by Gasteiger charge is -2.03. The van der Waals surface area contributed by atoms with Gasteiger partial charge in [-0.15, -0.1) is 0 Å². The van der Waals surface area contributed by atoms with Crippen molar-refractivity contribution >= 4 is 0 Å². The number of rotatable bonds is 4. The maximum absolute atomic E-state index is 8.57.